The first-order valence-electron chi connectivity index (χ1n) is 12.5. The number of nitrogens with one attached hydrogen (secondary N) is 1. The van der Waals surface area contributed by atoms with Gasteiger partial charge in [-0.2, -0.15) is 0 Å². The van der Waals surface area contributed by atoms with E-state index < -0.39 is 12.1 Å². The van der Waals surface area contributed by atoms with E-state index in [1.54, 1.807) is 11.3 Å². The number of carboxylic acids is 1. The predicted octanol–water partition coefficient (Wildman–Crippen LogP) is 6.81. The Hall–Kier alpha value is -3.33. The van der Waals surface area contributed by atoms with Gasteiger partial charge in [0.1, 0.15) is 10.7 Å². The summed E-state index contributed by atoms with van der Waals surface area (Å²) in [6.07, 6.45) is -0.900. The van der Waals surface area contributed by atoms with E-state index in [4.69, 9.17) is 4.74 Å². The molecule has 0 fully saturated rings. The maximum atomic E-state index is 13.2. The summed E-state index contributed by atoms with van der Waals surface area (Å²) in [5.41, 5.74) is 5.35. The third-order valence-corrected chi connectivity index (χ3v) is 8.11. The van der Waals surface area contributed by atoms with Crippen molar-refractivity contribution in [2.24, 2.45) is 0 Å². The van der Waals surface area contributed by atoms with Crippen LogP contribution in [-0.4, -0.2) is 34.2 Å². The number of carbonyl (C=O) groups is 2. The molecule has 1 amide bonds. The van der Waals surface area contributed by atoms with Gasteiger partial charge in [-0.15, -0.1) is 22.7 Å². The summed E-state index contributed by atoms with van der Waals surface area (Å²) in [6, 6.07) is 18.2. The molecule has 1 unspecified atom stereocenters. The molecule has 38 heavy (non-hydrogen) atoms. The number of nitrogens with zero attached hydrogens (tertiary/aromatic N) is 1. The first kappa shape index (κ1) is 27.7. The number of ether oxygens (including phenoxy) is 1. The van der Waals surface area contributed by atoms with Gasteiger partial charge in [-0.25, -0.2) is 9.78 Å². The molecule has 0 aliphatic carbocycles. The minimum atomic E-state index is -0.991. The molecule has 2 aromatic heterocycles. The van der Waals surface area contributed by atoms with Crippen LogP contribution in [0.15, 0.2) is 54.6 Å². The van der Waals surface area contributed by atoms with Gasteiger partial charge in [-0.1, -0.05) is 48.0 Å². The van der Waals surface area contributed by atoms with Crippen LogP contribution >= 0.6 is 22.7 Å². The summed E-state index contributed by atoms with van der Waals surface area (Å²) in [5.74, 6) is -1.22. The number of thiazole rings is 1. The number of thiophene rings is 1. The van der Waals surface area contributed by atoms with E-state index >= 15 is 0 Å². The molecule has 4 aromatic rings. The molecule has 1 atom stereocenters. The number of amides is 1. The molecule has 0 saturated carbocycles. The number of aryl methyl sites for hydroxylation is 3. The van der Waals surface area contributed by atoms with Gasteiger partial charge in [0.25, 0.3) is 5.91 Å². The monoisotopic (exact) mass is 548 g/mol. The molecule has 0 spiro atoms. The van der Waals surface area contributed by atoms with Crippen molar-refractivity contribution in [1.82, 2.24) is 10.3 Å². The minimum absolute atomic E-state index is 0.200. The summed E-state index contributed by atoms with van der Waals surface area (Å²) in [7, 11) is 0. The Kier molecular flexibility index (Phi) is 8.76. The first-order valence-corrected chi connectivity index (χ1v) is 14.1. The molecule has 8 heteroatoms. The Bertz CT molecular complexity index is 1440. The quantitative estimate of drug-likeness (QED) is 0.227. The molecule has 0 saturated heterocycles. The van der Waals surface area contributed by atoms with Crippen molar-refractivity contribution in [2.45, 2.75) is 59.8 Å². The van der Waals surface area contributed by atoms with Crippen molar-refractivity contribution in [3.05, 3.63) is 86.7 Å². The average Bonchev–Trinajstić information content (AvgIpc) is 3.48. The van der Waals surface area contributed by atoms with Crippen molar-refractivity contribution in [2.75, 3.05) is 0 Å². The summed E-state index contributed by atoms with van der Waals surface area (Å²) in [6.45, 7) is 9.94. The second-order valence-electron chi connectivity index (χ2n) is 9.59. The smallest absolute Gasteiger partial charge is 0.333 e. The van der Waals surface area contributed by atoms with Crippen LogP contribution in [-0.2, 0) is 22.5 Å². The zero-order valence-corrected chi connectivity index (χ0v) is 23.8. The molecule has 0 aliphatic heterocycles. The largest absolute Gasteiger partial charge is 0.479 e. The number of rotatable bonds is 10. The van der Waals surface area contributed by atoms with E-state index in [9.17, 15) is 14.7 Å². The van der Waals surface area contributed by atoms with Gasteiger partial charge in [0.05, 0.1) is 6.10 Å². The molecule has 198 valence electrons. The van der Waals surface area contributed by atoms with Crippen molar-refractivity contribution in [3.8, 4) is 21.0 Å². The van der Waals surface area contributed by atoms with Crippen LogP contribution in [0.1, 0.15) is 50.8 Å². The molecule has 0 bridgehead atoms. The number of hydrogen-bond acceptors (Lipinski definition) is 6. The van der Waals surface area contributed by atoms with E-state index in [-0.39, 0.29) is 18.4 Å². The average molecular weight is 549 g/mol. The molecular weight excluding hydrogens is 516 g/mol. The van der Waals surface area contributed by atoms with Gasteiger partial charge in [0.2, 0.25) is 0 Å². The SMILES string of the molecule is Cc1ccc(-c2nc(C(=O)NCc3cc(CC(OC(C)C)C(=O)O)ccc3-c3ccc(C)s3)c(C)s2)cc1. The zero-order chi connectivity index (χ0) is 27.4. The van der Waals surface area contributed by atoms with E-state index in [2.05, 4.69) is 29.4 Å². The summed E-state index contributed by atoms with van der Waals surface area (Å²) >= 11 is 3.18. The van der Waals surface area contributed by atoms with Crippen LogP contribution in [0, 0.1) is 20.8 Å². The van der Waals surface area contributed by atoms with E-state index in [1.165, 1.54) is 21.8 Å². The molecule has 0 radical (unpaired) electrons. The maximum Gasteiger partial charge on any atom is 0.333 e. The van der Waals surface area contributed by atoms with Crippen LogP contribution in [0.3, 0.4) is 0 Å². The highest BCUT2D eigenvalue weighted by Gasteiger charge is 2.22. The predicted molar refractivity (Wildman–Crippen MR) is 154 cm³/mol. The van der Waals surface area contributed by atoms with Crippen molar-refractivity contribution < 1.29 is 19.4 Å². The highest BCUT2D eigenvalue weighted by molar-refractivity contribution is 7.15. The van der Waals surface area contributed by atoms with E-state index in [0.29, 0.717) is 12.2 Å². The third kappa shape index (κ3) is 6.75. The van der Waals surface area contributed by atoms with Crippen LogP contribution in [0.2, 0.25) is 0 Å². The van der Waals surface area contributed by atoms with Gasteiger partial charge in [0.15, 0.2) is 6.10 Å². The van der Waals surface area contributed by atoms with Crippen LogP contribution in [0.25, 0.3) is 21.0 Å². The molecule has 4 rings (SSSR count). The molecular formula is C30H32N2O4S2. The van der Waals surface area contributed by atoms with Crippen molar-refractivity contribution >= 4 is 34.6 Å². The molecule has 2 heterocycles. The Balaban J connectivity index is 1.58. The standard InChI is InChI=1S/C30H32N2O4S2/c1-17(2)36-25(30(34)35)15-21-9-12-24(26-13-8-19(4)37-26)23(14-21)16-31-28(33)27-20(5)38-29(32-27)22-10-6-18(3)7-11-22/h6-14,17,25H,15-16H2,1-5H3,(H,31,33)(H,34,35). The van der Waals surface area contributed by atoms with Crippen LogP contribution in [0.4, 0.5) is 0 Å². The number of benzene rings is 2. The first-order chi connectivity index (χ1) is 18.1. The number of carbonyl (C=O) groups excluding carboxylic acids is 1. The Labute approximate surface area is 231 Å². The topological polar surface area (TPSA) is 88.5 Å². The lowest BCUT2D eigenvalue weighted by Gasteiger charge is -2.18. The van der Waals surface area contributed by atoms with Crippen molar-refractivity contribution in [1.29, 1.82) is 0 Å². The van der Waals surface area contributed by atoms with Crippen molar-refractivity contribution in [3.63, 3.8) is 0 Å². The fourth-order valence-electron chi connectivity index (χ4n) is 4.16. The number of aliphatic carboxylic acids is 1. The lowest BCUT2D eigenvalue weighted by molar-refractivity contribution is -0.153. The van der Waals surface area contributed by atoms with Gasteiger partial charge >= 0.3 is 5.97 Å². The zero-order valence-electron chi connectivity index (χ0n) is 22.2. The van der Waals surface area contributed by atoms with Crippen LogP contribution in [0.5, 0.6) is 0 Å². The fourth-order valence-corrected chi connectivity index (χ4v) is 6.01. The van der Waals surface area contributed by atoms with Gasteiger partial charge in [-0.3, -0.25) is 4.79 Å². The Morgan fingerprint density at radius 2 is 1.74 bits per heavy atom. The van der Waals surface area contributed by atoms with Gasteiger partial charge < -0.3 is 15.2 Å². The van der Waals surface area contributed by atoms with Crippen LogP contribution < -0.4 is 5.32 Å². The summed E-state index contributed by atoms with van der Waals surface area (Å²) in [5, 5.41) is 13.5. The second-order valence-corrected chi connectivity index (χ2v) is 12.1. The van der Waals surface area contributed by atoms with E-state index in [0.717, 1.165) is 37.0 Å². The third-order valence-electron chi connectivity index (χ3n) is 6.06. The Morgan fingerprint density at radius 3 is 2.37 bits per heavy atom. The maximum absolute atomic E-state index is 13.2. The summed E-state index contributed by atoms with van der Waals surface area (Å²) < 4.78 is 5.61. The lowest BCUT2D eigenvalue weighted by Crippen LogP contribution is -2.29. The molecule has 2 aromatic carbocycles. The number of carboxylic acid groups (broad SMARTS) is 1. The highest BCUT2D eigenvalue weighted by atomic mass is 32.1. The number of aromatic nitrogens is 1. The molecule has 0 aliphatic rings. The van der Waals surface area contributed by atoms with Gasteiger partial charge in [0, 0.05) is 33.2 Å². The number of hydrogen-bond donors (Lipinski definition) is 2. The Morgan fingerprint density at radius 1 is 1.00 bits per heavy atom. The minimum Gasteiger partial charge on any atom is -0.479 e. The molecule has 2 N–H and O–H groups in total. The molecule has 6 nitrogen and oxygen atoms in total. The second kappa shape index (κ2) is 12.0. The lowest BCUT2D eigenvalue weighted by atomic mass is 9.99. The normalized spacial score (nSPS) is 12.1. The van der Waals surface area contributed by atoms with Gasteiger partial charge in [-0.05, 0) is 63.4 Å². The highest BCUT2D eigenvalue weighted by Crippen LogP contribution is 2.32. The van der Waals surface area contributed by atoms with E-state index in [1.807, 2.05) is 70.2 Å². The summed E-state index contributed by atoms with van der Waals surface area (Å²) in [4.78, 5) is 32.7. The fraction of sp³-hybridized carbons (Fsp3) is 0.300.